The van der Waals surface area contributed by atoms with Gasteiger partial charge in [0, 0.05) is 28.1 Å². The van der Waals surface area contributed by atoms with Crippen molar-refractivity contribution in [3.8, 4) is 0 Å². The van der Waals surface area contributed by atoms with Crippen molar-refractivity contribution in [1.29, 1.82) is 0 Å². The van der Waals surface area contributed by atoms with Crippen LogP contribution in [-0.2, 0) is 6.54 Å². The van der Waals surface area contributed by atoms with Gasteiger partial charge in [-0.05, 0) is 25.2 Å². The van der Waals surface area contributed by atoms with Gasteiger partial charge in [0.25, 0.3) is 0 Å². The van der Waals surface area contributed by atoms with E-state index in [2.05, 4.69) is 17.6 Å². The lowest BCUT2D eigenvalue weighted by atomic mass is 9.88. The van der Waals surface area contributed by atoms with E-state index in [1.807, 2.05) is 17.1 Å². The first kappa shape index (κ1) is 13.7. The Morgan fingerprint density at radius 2 is 2.18 bits per heavy atom. The lowest BCUT2D eigenvalue weighted by Crippen LogP contribution is -2.38. The average molecular weight is 290 g/mol. The minimum Gasteiger partial charge on any atom is -0.310 e. The third-order valence-corrected chi connectivity index (χ3v) is 6.27. The Balaban J connectivity index is 1.79. The zero-order chi connectivity index (χ0) is 12.1. The van der Waals surface area contributed by atoms with Crippen LogP contribution in [0.1, 0.15) is 37.0 Å². The fraction of sp³-hybridized carbons (Fsp3) is 0.692. The molecular formula is C13H20ClNS2. The van der Waals surface area contributed by atoms with Crippen LogP contribution in [0, 0.1) is 0 Å². The van der Waals surface area contributed by atoms with E-state index in [1.54, 1.807) is 11.3 Å². The smallest absolute Gasteiger partial charge is 0.0516 e. The highest BCUT2D eigenvalue weighted by Gasteiger charge is 2.30. The summed E-state index contributed by atoms with van der Waals surface area (Å²) < 4.78 is 0.485. The van der Waals surface area contributed by atoms with E-state index in [1.165, 1.54) is 37.0 Å². The largest absolute Gasteiger partial charge is 0.310 e. The summed E-state index contributed by atoms with van der Waals surface area (Å²) in [5, 5.41) is 6.48. The maximum Gasteiger partial charge on any atom is 0.0516 e. The number of hydrogen-bond donors (Lipinski definition) is 1. The van der Waals surface area contributed by atoms with Crippen molar-refractivity contribution in [2.24, 2.45) is 0 Å². The van der Waals surface area contributed by atoms with E-state index < -0.39 is 0 Å². The van der Waals surface area contributed by atoms with Crippen LogP contribution in [0.5, 0.6) is 0 Å². The highest BCUT2D eigenvalue weighted by Crippen LogP contribution is 2.38. The number of rotatable bonds is 5. The highest BCUT2D eigenvalue weighted by atomic mass is 35.5. The molecule has 1 aromatic rings. The third-order valence-electron chi connectivity index (χ3n) is 3.57. The van der Waals surface area contributed by atoms with Crippen LogP contribution >= 0.6 is 34.7 Å². The summed E-state index contributed by atoms with van der Waals surface area (Å²) in [6.07, 6.45) is 9.21. The summed E-state index contributed by atoms with van der Waals surface area (Å²) in [6, 6.07) is 2.06. The predicted molar refractivity (Wildman–Crippen MR) is 80.4 cm³/mol. The minimum absolute atomic E-state index is 0.485. The Kier molecular flexibility index (Phi) is 5.22. The molecule has 1 aliphatic rings. The molecule has 1 heterocycles. The summed E-state index contributed by atoms with van der Waals surface area (Å²) in [7, 11) is 0. The van der Waals surface area contributed by atoms with Gasteiger partial charge in [-0.15, -0.1) is 11.3 Å². The second-order valence-electron chi connectivity index (χ2n) is 4.78. The van der Waals surface area contributed by atoms with E-state index in [9.17, 15) is 0 Å². The molecule has 1 fully saturated rings. The van der Waals surface area contributed by atoms with Crippen molar-refractivity contribution in [1.82, 2.24) is 5.32 Å². The zero-order valence-electron chi connectivity index (χ0n) is 10.3. The molecular weight excluding hydrogens is 270 g/mol. The van der Waals surface area contributed by atoms with Crippen LogP contribution in [0.2, 0.25) is 5.02 Å². The molecule has 17 heavy (non-hydrogen) atoms. The molecule has 96 valence electrons. The third kappa shape index (κ3) is 3.88. The second kappa shape index (κ2) is 6.46. The van der Waals surface area contributed by atoms with Gasteiger partial charge in [0.15, 0.2) is 0 Å². The maximum atomic E-state index is 5.92. The van der Waals surface area contributed by atoms with Crippen LogP contribution in [0.15, 0.2) is 11.4 Å². The highest BCUT2D eigenvalue weighted by molar-refractivity contribution is 8.00. The quantitative estimate of drug-likeness (QED) is 0.853. The van der Waals surface area contributed by atoms with Crippen LogP contribution in [0.25, 0.3) is 0 Å². The molecule has 0 atom stereocenters. The zero-order valence-corrected chi connectivity index (χ0v) is 12.7. The molecule has 0 unspecified atom stereocenters. The number of thioether (sulfide) groups is 1. The van der Waals surface area contributed by atoms with Gasteiger partial charge in [0.2, 0.25) is 0 Å². The maximum absolute atomic E-state index is 5.92. The minimum atomic E-state index is 0.485. The van der Waals surface area contributed by atoms with Crippen LogP contribution < -0.4 is 5.32 Å². The van der Waals surface area contributed by atoms with E-state index in [0.29, 0.717) is 4.75 Å². The van der Waals surface area contributed by atoms with E-state index >= 15 is 0 Å². The van der Waals surface area contributed by atoms with Gasteiger partial charge in [0.05, 0.1) is 5.02 Å². The Morgan fingerprint density at radius 1 is 1.41 bits per heavy atom. The molecule has 0 amide bonds. The van der Waals surface area contributed by atoms with Gasteiger partial charge in [0.1, 0.15) is 0 Å². The van der Waals surface area contributed by atoms with Crippen molar-refractivity contribution < 1.29 is 0 Å². The molecule has 0 aliphatic heterocycles. The average Bonchev–Trinajstić information content (AvgIpc) is 2.76. The van der Waals surface area contributed by atoms with Gasteiger partial charge in [-0.1, -0.05) is 30.9 Å². The second-order valence-corrected chi connectivity index (χ2v) is 7.49. The predicted octanol–water partition coefficient (Wildman–Crippen LogP) is 4.56. The normalized spacial score (nSPS) is 19.4. The molecule has 1 aliphatic carbocycles. The fourth-order valence-corrected chi connectivity index (χ4v) is 4.49. The summed E-state index contributed by atoms with van der Waals surface area (Å²) >= 11 is 9.71. The van der Waals surface area contributed by atoms with E-state index in [-0.39, 0.29) is 0 Å². The Morgan fingerprint density at radius 3 is 2.76 bits per heavy atom. The Labute approximate surface area is 117 Å². The molecule has 1 nitrogen and oxygen atoms in total. The summed E-state index contributed by atoms with van der Waals surface area (Å²) in [5.41, 5.74) is 0. The van der Waals surface area contributed by atoms with Crippen molar-refractivity contribution in [2.45, 2.75) is 43.4 Å². The SMILES string of the molecule is CSC1(CNCc2cc(Cl)cs2)CCCCC1. The Bertz CT molecular complexity index is 345. The molecule has 0 radical (unpaired) electrons. The number of thiophene rings is 1. The van der Waals surface area contributed by atoms with Crippen molar-refractivity contribution in [2.75, 3.05) is 12.8 Å². The molecule has 0 spiro atoms. The first-order valence-electron chi connectivity index (χ1n) is 6.23. The van der Waals surface area contributed by atoms with E-state index in [0.717, 1.165) is 18.1 Å². The molecule has 1 saturated carbocycles. The monoisotopic (exact) mass is 289 g/mol. The molecule has 1 aromatic heterocycles. The van der Waals surface area contributed by atoms with Gasteiger partial charge in [-0.2, -0.15) is 11.8 Å². The van der Waals surface area contributed by atoms with Gasteiger partial charge in [-0.25, -0.2) is 0 Å². The molecule has 1 N–H and O–H groups in total. The molecule has 0 bridgehead atoms. The van der Waals surface area contributed by atoms with Crippen molar-refractivity contribution >= 4 is 34.7 Å². The van der Waals surface area contributed by atoms with E-state index in [4.69, 9.17) is 11.6 Å². The van der Waals surface area contributed by atoms with Crippen molar-refractivity contribution in [3.63, 3.8) is 0 Å². The Hall–Kier alpha value is 0.300. The van der Waals surface area contributed by atoms with Crippen LogP contribution in [-0.4, -0.2) is 17.5 Å². The lowest BCUT2D eigenvalue weighted by molar-refractivity contribution is 0.380. The molecule has 0 saturated heterocycles. The number of nitrogens with one attached hydrogen (secondary N) is 1. The summed E-state index contributed by atoms with van der Waals surface area (Å²) in [4.78, 5) is 1.34. The van der Waals surface area contributed by atoms with Gasteiger partial charge >= 0.3 is 0 Å². The molecule has 4 heteroatoms. The molecule has 0 aromatic carbocycles. The van der Waals surface area contributed by atoms with Gasteiger partial charge in [-0.3, -0.25) is 0 Å². The fourth-order valence-electron chi connectivity index (χ4n) is 2.51. The standard InChI is InChI=1S/C13H20ClNS2/c1-16-13(5-3-2-4-6-13)10-15-8-12-7-11(14)9-17-12/h7,9,15H,2-6,8,10H2,1H3. The first-order chi connectivity index (χ1) is 8.24. The number of halogens is 1. The van der Waals surface area contributed by atoms with Crippen LogP contribution in [0.3, 0.4) is 0 Å². The number of hydrogen-bond acceptors (Lipinski definition) is 3. The topological polar surface area (TPSA) is 12.0 Å². The van der Waals surface area contributed by atoms with Crippen LogP contribution in [0.4, 0.5) is 0 Å². The summed E-state index contributed by atoms with van der Waals surface area (Å²) in [6.45, 7) is 2.09. The lowest BCUT2D eigenvalue weighted by Gasteiger charge is -2.36. The van der Waals surface area contributed by atoms with Crippen molar-refractivity contribution in [3.05, 3.63) is 21.3 Å². The first-order valence-corrected chi connectivity index (χ1v) is 8.71. The molecule has 2 rings (SSSR count). The summed E-state index contributed by atoms with van der Waals surface area (Å²) in [5.74, 6) is 0. The van der Waals surface area contributed by atoms with Gasteiger partial charge < -0.3 is 5.32 Å².